The molecule has 24 heavy (non-hydrogen) atoms. The molecule has 1 aliphatic heterocycles. The molecule has 0 amide bonds. The van der Waals surface area contributed by atoms with Crippen molar-refractivity contribution in [3.05, 3.63) is 11.7 Å². The van der Waals surface area contributed by atoms with Gasteiger partial charge in [0.05, 0.1) is 25.7 Å². The van der Waals surface area contributed by atoms with Crippen molar-refractivity contribution in [2.75, 3.05) is 41.0 Å². The van der Waals surface area contributed by atoms with Crippen molar-refractivity contribution in [1.82, 2.24) is 19.9 Å². The summed E-state index contributed by atoms with van der Waals surface area (Å²) in [5.41, 5.74) is 0. The molecule has 7 heteroatoms. The van der Waals surface area contributed by atoms with Crippen LogP contribution in [0.15, 0.2) is 4.52 Å². The number of hydrogen-bond acceptors (Lipinski definition) is 7. The van der Waals surface area contributed by atoms with Crippen LogP contribution in [0.1, 0.15) is 37.4 Å². The molecule has 1 saturated heterocycles. The van der Waals surface area contributed by atoms with Crippen molar-refractivity contribution in [2.45, 2.75) is 56.8 Å². The first-order chi connectivity index (χ1) is 11.7. The lowest BCUT2D eigenvalue weighted by Crippen LogP contribution is -2.46. The molecule has 3 atom stereocenters. The van der Waals surface area contributed by atoms with Gasteiger partial charge in [-0.15, -0.1) is 0 Å². The predicted octanol–water partition coefficient (Wildman–Crippen LogP) is 1.33. The van der Waals surface area contributed by atoms with Crippen molar-refractivity contribution in [1.29, 1.82) is 0 Å². The molecule has 1 unspecified atom stereocenters. The zero-order valence-corrected chi connectivity index (χ0v) is 15.1. The van der Waals surface area contributed by atoms with Gasteiger partial charge in [-0.2, -0.15) is 4.98 Å². The van der Waals surface area contributed by atoms with E-state index in [9.17, 15) is 0 Å². The van der Waals surface area contributed by atoms with Crippen LogP contribution in [0.25, 0.3) is 0 Å². The van der Waals surface area contributed by atoms with Crippen LogP contribution >= 0.6 is 0 Å². The Kier molecular flexibility index (Phi) is 6.21. The Balaban J connectivity index is 1.55. The molecule has 136 valence electrons. The largest absolute Gasteiger partial charge is 0.384 e. The number of rotatable bonds is 8. The molecule has 1 saturated carbocycles. The van der Waals surface area contributed by atoms with E-state index in [2.05, 4.69) is 27.0 Å². The van der Waals surface area contributed by atoms with Crippen LogP contribution in [0.4, 0.5) is 0 Å². The van der Waals surface area contributed by atoms with Gasteiger partial charge in [0.15, 0.2) is 5.82 Å². The minimum absolute atomic E-state index is 0.400. The molecule has 0 spiro atoms. The fourth-order valence-electron chi connectivity index (χ4n) is 4.09. The van der Waals surface area contributed by atoms with E-state index in [-0.39, 0.29) is 0 Å². The van der Waals surface area contributed by atoms with Gasteiger partial charge in [-0.1, -0.05) is 11.6 Å². The van der Waals surface area contributed by atoms with Crippen LogP contribution < -0.4 is 0 Å². The maximum atomic E-state index is 5.53. The second kappa shape index (κ2) is 8.38. The Morgan fingerprint density at radius 1 is 1.29 bits per heavy atom. The molecule has 0 bridgehead atoms. The fourth-order valence-corrected chi connectivity index (χ4v) is 4.09. The Morgan fingerprint density at radius 2 is 2.17 bits per heavy atom. The standard InChI is InChI=1S/C17H30N4O3/c1-20(12-16-18-17(24-19-16)8-10-22-2)14-5-4-6-15(14)21-9-7-13(11-21)23-3/h13-15H,4-12H2,1-3H3/t13?,14-,15+/m1/s1. The molecule has 0 N–H and O–H groups in total. The van der Waals surface area contributed by atoms with Crippen LogP contribution in [-0.4, -0.2) is 79.1 Å². The summed E-state index contributed by atoms with van der Waals surface area (Å²) < 4.78 is 15.9. The van der Waals surface area contributed by atoms with Crippen LogP contribution in [0.2, 0.25) is 0 Å². The van der Waals surface area contributed by atoms with Gasteiger partial charge in [0.2, 0.25) is 5.89 Å². The fraction of sp³-hybridized carbons (Fsp3) is 0.882. The summed E-state index contributed by atoms with van der Waals surface area (Å²) in [4.78, 5) is 9.48. The van der Waals surface area contributed by atoms with E-state index in [0.29, 0.717) is 37.1 Å². The van der Waals surface area contributed by atoms with Gasteiger partial charge in [0.1, 0.15) is 0 Å². The third-order valence-corrected chi connectivity index (χ3v) is 5.41. The van der Waals surface area contributed by atoms with Crippen molar-refractivity contribution < 1.29 is 14.0 Å². The van der Waals surface area contributed by atoms with Crippen molar-refractivity contribution in [3.63, 3.8) is 0 Å². The van der Waals surface area contributed by atoms with Gasteiger partial charge in [0, 0.05) is 39.4 Å². The number of nitrogens with zero attached hydrogens (tertiary/aromatic N) is 4. The number of likely N-dealkylation sites (tertiary alicyclic amines) is 1. The summed E-state index contributed by atoms with van der Waals surface area (Å²) in [5.74, 6) is 1.43. The molecule has 2 heterocycles. The van der Waals surface area contributed by atoms with Gasteiger partial charge in [-0.05, 0) is 26.3 Å². The van der Waals surface area contributed by atoms with Crippen LogP contribution in [-0.2, 0) is 22.4 Å². The van der Waals surface area contributed by atoms with E-state index in [1.54, 1.807) is 7.11 Å². The van der Waals surface area contributed by atoms with Crippen molar-refractivity contribution in [2.24, 2.45) is 0 Å². The molecular formula is C17H30N4O3. The number of methoxy groups -OCH3 is 2. The number of aromatic nitrogens is 2. The van der Waals surface area contributed by atoms with Gasteiger partial charge in [0.25, 0.3) is 0 Å². The molecule has 2 aliphatic rings. The van der Waals surface area contributed by atoms with E-state index in [1.807, 2.05) is 7.11 Å². The molecule has 1 aromatic rings. The monoisotopic (exact) mass is 338 g/mol. The second-order valence-electron chi connectivity index (χ2n) is 6.97. The summed E-state index contributed by atoms with van der Waals surface area (Å²) in [6, 6.07) is 1.18. The van der Waals surface area contributed by atoms with Gasteiger partial charge < -0.3 is 14.0 Å². The summed E-state index contributed by atoms with van der Waals surface area (Å²) in [5, 5.41) is 4.11. The molecule has 0 aromatic carbocycles. The minimum atomic E-state index is 0.400. The molecule has 2 fully saturated rings. The lowest BCUT2D eigenvalue weighted by Gasteiger charge is -2.34. The zero-order chi connectivity index (χ0) is 16.9. The van der Waals surface area contributed by atoms with E-state index in [4.69, 9.17) is 14.0 Å². The molecule has 3 rings (SSSR count). The Morgan fingerprint density at radius 3 is 2.92 bits per heavy atom. The lowest BCUT2D eigenvalue weighted by atomic mass is 10.1. The highest BCUT2D eigenvalue weighted by molar-refractivity contribution is 4.96. The highest BCUT2D eigenvalue weighted by Gasteiger charge is 2.38. The Labute approximate surface area is 144 Å². The molecular weight excluding hydrogens is 308 g/mol. The van der Waals surface area contributed by atoms with Crippen LogP contribution in [0, 0.1) is 0 Å². The summed E-state index contributed by atoms with van der Waals surface area (Å²) in [6.45, 7) is 3.56. The quantitative estimate of drug-likeness (QED) is 0.708. The zero-order valence-electron chi connectivity index (χ0n) is 15.1. The summed E-state index contributed by atoms with van der Waals surface area (Å²) in [7, 11) is 5.68. The maximum Gasteiger partial charge on any atom is 0.229 e. The Hall–Kier alpha value is -1.02. The molecule has 0 radical (unpaired) electrons. The maximum absolute atomic E-state index is 5.53. The first kappa shape index (κ1) is 17.8. The third kappa shape index (κ3) is 4.14. The normalized spacial score (nSPS) is 28.2. The van der Waals surface area contributed by atoms with Gasteiger partial charge in [-0.3, -0.25) is 9.80 Å². The number of likely N-dealkylation sites (N-methyl/N-ethyl adjacent to an activating group) is 1. The first-order valence-electron chi connectivity index (χ1n) is 8.98. The van der Waals surface area contributed by atoms with E-state index < -0.39 is 0 Å². The van der Waals surface area contributed by atoms with Crippen LogP contribution in [0.3, 0.4) is 0 Å². The summed E-state index contributed by atoms with van der Waals surface area (Å²) >= 11 is 0. The van der Waals surface area contributed by atoms with E-state index >= 15 is 0 Å². The average molecular weight is 338 g/mol. The molecule has 1 aromatic heterocycles. The summed E-state index contributed by atoms with van der Waals surface area (Å²) in [6.07, 6.45) is 6.03. The topological polar surface area (TPSA) is 63.9 Å². The lowest BCUT2D eigenvalue weighted by molar-refractivity contribution is 0.0834. The van der Waals surface area contributed by atoms with E-state index in [1.165, 1.54) is 19.3 Å². The highest BCUT2D eigenvalue weighted by atomic mass is 16.5. The predicted molar refractivity (Wildman–Crippen MR) is 89.8 cm³/mol. The van der Waals surface area contributed by atoms with Gasteiger partial charge >= 0.3 is 0 Å². The first-order valence-corrected chi connectivity index (χ1v) is 8.98. The smallest absolute Gasteiger partial charge is 0.229 e. The van der Waals surface area contributed by atoms with Crippen LogP contribution in [0.5, 0.6) is 0 Å². The Bertz CT molecular complexity index is 510. The number of ether oxygens (including phenoxy) is 2. The minimum Gasteiger partial charge on any atom is -0.384 e. The molecule has 1 aliphatic carbocycles. The molecule has 7 nitrogen and oxygen atoms in total. The third-order valence-electron chi connectivity index (χ3n) is 5.41. The number of hydrogen-bond donors (Lipinski definition) is 0. The highest BCUT2D eigenvalue weighted by Crippen LogP contribution is 2.31. The SMILES string of the molecule is COCCc1nc(CN(C)[C@@H]2CCC[C@@H]2N2CCC(OC)C2)no1. The van der Waals surface area contributed by atoms with Gasteiger partial charge in [-0.25, -0.2) is 0 Å². The average Bonchev–Trinajstić information content (AvgIpc) is 3.31. The van der Waals surface area contributed by atoms with Crippen molar-refractivity contribution in [3.8, 4) is 0 Å². The second-order valence-corrected chi connectivity index (χ2v) is 6.97. The van der Waals surface area contributed by atoms with E-state index in [0.717, 1.165) is 31.9 Å². The van der Waals surface area contributed by atoms with Crippen molar-refractivity contribution >= 4 is 0 Å².